The van der Waals surface area contributed by atoms with Crippen LogP contribution in [-0.2, 0) is 0 Å². The first-order chi connectivity index (χ1) is 6.49. The summed E-state index contributed by atoms with van der Waals surface area (Å²) in [5, 5.41) is 9.15. The normalized spacial score (nSPS) is 12.6. The van der Waals surface area contributed by atoms with Crippen molar-refractivity contribution in [1.29, 1.82) is 0 Å². The molecule has 0 aromatic heterocycles. The number of rotatable bonds is 2. The van der Waals surface area contributed by atoms with Crippen LogP contribution in [0.4, 0.5) is 13.2 Å². The number of hydrogen-bond acceptors (Lipinski definition) is 1. The highest BCUT2D eigenvalue weighted by Gasteiger charge is 2.21. The molecule has 76 valence electrons. The SMILES string of the molecule is C=CC(O)c1c(F)c(F)cc(Br)c1F. The van der Waals surface area contributed by atoms with Gasteiger partial charge in [0.15, 0.2) is 11.6 Å². The maximum absolute atomic E-state index is 13.2. The van der Waals surface area contributed by atoms with Gasteiger partial charge in [0.1, 0.15) is 11.9 Å². The van der Waals surface area contributed by atoms with Gasteiger partial charge in [0.05, 0.1) is 10.0 Å². The molecule has 0 saturated carbocycles. The Labute approximate surface area is 87.0 Å². The molecule has 0 fully saturated rings. The Kier molecular flexibility index (Phi) is 3.34. The van der Waals surface area contributed by atoms with Gasteiger partial charge in [-0.25, -0.2) is 13.2 Å². The molecule has 0 aliphatic rings. The Morgan fingerprint density at radius 3 is 2.43 bits per heavy atom. The molecule has 0 amide bonds. The van der Waals surface area contributed by atoms with Crippen LogP contribution >= 0.6 is 15.9 Å². The lowest BCUT2D eigenvalue weighted by molar-refractivity contribution is 0.215. The first kappa shape index (κ1) is 11.3. The van der Waals surface area contributed by atoms with E-state index in [2.05, 4.69) is 22.5 Å². The molecular weight excluding hydrogens is 261 g/mol. The summed E-state index contributed by atoms with van der Waals surface area (Å²) in [4.78, 5) is 0. The summed E-state index contributed by atoms with van der Waals surface area (Å²) in [5.74, 6) is -3.66. The summed E-state index contributed by atoms with van der Waals surface area (Å²) >= 11 is 2.70. The Balaban J connectivity index is 3.46. The molecule has 0 bridgehead atoms. The van der Waals surface area contributed by atoms with Crippen LogP contribution in [0.25, 0.3) is 0 Å². The minimum absolute atomic E-state index is 0.243. The lowest BCUT2D eigenvalue weighted by atomic mass is 10.1. The molecule has 14 heavy (non-hydrogen) atoms. The second kappa shape index (κ2) is 4.14. The lowest BCUT2D eigenvalue weighted by Crippen LogP contribution is -2.04. The third-order valence-corrected chi connectivity index (χ3v) is 2.24. The number of hydrogen-bond donors (Lipinski definition) is 1. The van der Waals surface area contributed by atoms with Crippen molar-refractivity contribution in [3.8, 4) is 0 Å². The number of benzene rings is 1. The van der Waals surface area contributed by atoms with E-state index >= 15 is 0 Å². The van der Waals surface area contributed by atoms with Crippen molar-refractivity contribution in [2.75, 3.05) is 0 Å². The highest BCUT2D eigenvalue weighted by molar-refractivity contribution is 9.10. The van der Waals surface area contributed by atoms with E-state index in [1.807, 2.05) is 0 Å². The van der Waals surface area contributed by atoms with Crippen molar-refractivity contribution in [2.24, 2.45) is 0 Å². The van der Waals surface area contributed by atoms with Crippen molar-refractivity contribution in [1.82, 2.24) is 0 Å². The van der Waals surface area contributed by atoms with Crippen LogP contribution in [0.1, 0.15) is 11.7 Å². The van der Waals surface area contributed by atoms with E-state index in [0.717, 1.165) is 6.08 Å². The summed E-state index contributed by atoms with van der Waals surface area (Å²) in [7, 11) is 0. The smallest absolute Gasteiger partial charge is 0.167 e. The summed E-state index contributed by atoms with van der Waals surface area (Å²) in [6.45, 7) is 3.16. The standard InChI is InChI=1S/C9H6BrF3O/c1-2-6(14)7-8(12)4(10)3-5(11)9(7)13/h2-3,6,14H,1H2. The van der Waals surface area contributed by atoms with Crippen LogP contribution in [-0.4, -0.2) is 5.11 Å². The van der Waals surface area contributed by atoms with Crippen molar-refractivity contribution >= 4 is 15.9 Å². The Morgan fingerprint density at radius 2 is 1.93 bits per heavy atom. The molecule has 0 heterocycles. The fourth-order valence-electron chi connectivity index (χ4n) is 0.969. The van der Waals surface area contributed by atoms with E-state index in [4.69, 9.17) is 5.11 Å². The summed E-state index contributed by atoms with van der Waals surface area (Å²) in [6.07, 6.45) is -0.658. The zero-order valence-corrected chi connectivity index (χ0v) is 8.48. The zero-order chi connectivity index (χ0) is 10.9. The molecule has 1 aromatic rings. The first-order valence-electron chi connectivity index (χ1n) is 3.62. The average molecular weight is 267 g/mol. The Bertz CT molecular complexity index is 353. The maximum Gasteiger partial charge on any atom is 0.167 e. The van der Waals surface area contributed by atoms with Gasteiger partial charge in [-0.05, 0) is 22.0 Å². The molecular formula is C9H6BrF3O. The fraction of sp³-hybridized carbons (Fsp3) is 0.111. The van der Waals surface area contributed by atoms with Gasteiger partial charge in [0.25, 0.3) is 0 Å². The number of halogens is 4. The third-order valence-electron chi connectivity index (χ3n) is 1.66. The van der Waals surface area contributed by atoms with Crippen molar-refractivity contribution in [3.63, 3.8) is 0 Å². The largest absolute Gasteiger partial charge is 0.384 e. The highest BCUT2D eigenvalue weighted by atomic mass is 79.9. The van der Waals surface area contributed by atoms with Gasteiger partial charge in [-0.3, -0.25) is 0 Å². The minimum atomic E-state index is -1.57. The van der Waals surface area contributed by atoms with Crippen LogP contribution in [0.3, 0.4) is 0 Å². The molecule has 1 atom stereocenters. The van der Waals surface area contributed by atoms with Gasteiger partial charge in [0, 0.05) is 0 Å². The molecule has 0 saturated heterocycles. The number of aliphatic hydroxyl groups excluding tert-OH is 1. The Morgan fingerprint density at radius 1 is 1.36 bits per heavy atom. The van der Waals surface area contributed by atoms with Crippen LogP contribution in [0.5, 0.6) is 0 Å². The van der Waals surface area contributed by atoms with E-state index < -0.39 is 29.1 Å². The van der Waals surface area contributed by atoms with Crippen molar-refractivity contribution in [2.45, 2.75) is 6.10 Å². The summed E-state index contributed by atoms with van der Waals surface area (Å²) in [6, 6.07) is 0.657. The molecule has 1 N–H and O–H groups in total. The molecule has 0 spiro atoms. The molecule has 1 aromatic carbocycles. The lowest BCUT2D eigenvalue weighted by Gasteiger charge is -2.10. The molecule has 5 heteroatoms. The van der Waals surface area contributed by atoms with Crippen LogP contribution in [0.15, 0.2) is 23.2 Å². The van der Waals surface area contributed by atoms with Crippen LogP contribution in [0.2, 0.25) is 0 Å². The molecule has 1 rings (SSSR count). The second-order valence-electron chi connectivity index (χ2n) is 2.56. The first-order valence-corrected chi connectivity index (χ1v) is 4.41. The van der Waals surface area contributed by atoms with Crippen LogP contribution < -0.4 is 0 Å². The van der Waals surface area contributed by atoms with E-state index in [1.165, 1.54) is 0 Å². The molecule has 0 radical (unpaired) electrons. The van der Waals surface area contributed by atoms with E-state index in [9.17, 15) is 13.2 Å². The minimum Gasteiger partial charge on any atom is -0.384 e. The van der Waals surface area contributed by atoms with Gasteiger partial charge < -0.3 is 5.11 Å². The van der Waals surface area contributed by atoms with Gasteiger partial charge in [0.2, 0.25) is 0 Å². The number of aliphatic hydroxyl groups is 1. The predicted molar refractivity (Wildman–Crippen MR) is 49.2 cm³/mol. The van der Waals surface area contributed by atoms with Gasteiger partial charge in [-0.2, -0.15) is 0 Å². The summed E-state index contributed by atoms with van der Waals surface area (Å²) < 4.78 is 38.8. The topological polar surface area (TPSA) is 20.2 Å². The highest BCUT2D eigenvalue weighted by Crippen LogP contribution is 2.29. The quantitative estimate of drug-likeness (QED) is 0.644. The molecule has 0 aliphatic carbocycles. The predicted octanol–water partition coefficient (Wildman–Crippen LogP) is 3.09. The van der Waals surface area contributed by atoms with Gasteiger partial charge in [-0.15, -0.1) is 6.58 Å². The van der Waals surface area contributed by atoms with Crippen LogP contribution in [0, 0.1) is 17.5 Å². The van der Waals surface area contributed by atoms with E-state index in [-0.39, 0.29) is 4.47 Å². The van der Waals surface area contributed by atoms with Crippen molar-refractivity contribution < 1.29 is 18.3 Å². The third kappa shape index (κ3) is 1.83. The summed E-state index contributed by atoms with van der Waals surface area (Å²) in [5.41, 5.74) is -0.744. The Hall–Kier alpha value is -0.810. The molecule has 1 unspecified atom stereocenters. The van der Waals surface area contributed by atoms with E-state index in [1.54, 1.807) is 0 Å². The van der Waals surface area contributed by atoms with E-state index in [0.29, 0.717) is 6.07 Å². The zero-order valence-electron chi connectivity index (χ0n) is 6.90. The monoisotopic (exact) mass is 266 g/mol. The van der Waals surface area contributed by atoms with Gasteiger partial charge in [-0.1, -0.05) is 6.08 Å². The maximum atomic E-state index is 13.2. The fourth-order valence-corrected chi connectivity index (χ4v) is 1.38. The molecule has 1 nitrogen and oxygen atoms in total. The average Bonchev–Trinajstić information content (AvgIpc) is 2.15. The second-order valence-corrected chi connectivity index (χ2v) is 3.42. The molecule has 0 aliphatic heterocycles. The van der Waals surface area contributed by atoms with Gasteiger partial charge >= 0.3 is 0 Å². The van der Waals surface area contributed by atoms with Crippen molar-refractivity contribution in [3.05, 3.63) is 46.2 Å².